The number of nitrogens with one attached hydrogen (secondary N) is 1. The molecule has 2 amide bonds. The van der Waals surface area contributed by atoms with Crippen LogP contribution < -0.4 is 14.4 Å². The van der Waals surface area contributed by atoms with E-state index in [1.54, 1.807) is 42.5 Å². The van der Waals surface area contributed by atoms with Gasteiger partial charge in [-0.1, -0.05) is 89.4 Å². The normalized spacial score (nSPS) is 14.0. The number of hydrogen-bond acceptors (Lipinski definition) is 5. The van der Waals surface area contributed by atoms with Crippen molar-refractivity contribution >= 4 is 43.5 Å². The summed E-state index contributed by atoms with van der Waals surface area (Å²) in [5, 5.41) is 3.20. The van der Waals surface area contributed by atoms with Crippen molar-refractivity contribution in [2.24, 2.45) is 0 Å². The maximum Gasteiger partial charge on any atom is 0.264 e. The van der Waals surface area contributed by atoms with Gasteiger partial charge in [-0.15, -0.1) is 0 Å². The van der Waals surface area contributed by atoms with Crippen LogP contribution in [0, 0.1) is 0 Å². The van der Waals surface area contributed by atoms with Gasteiger partial charge < -0.3 is 15.0 Å². The standard InChI is InChI=1S/C36H38BrN3O5S/c1-45-32-19-21-33(22-20-32)46(43,44)40(31-17-6-3-7-18-31)26-35(41)39(25-28-13-10-14-29(37)23-28)34(24-27-11-4-2-5-12-27)36(42)38-30-15-8-9-16-30/h2-7,10-14,17-23,30,34H,8-9,15-16,24-26H2,1H3,(H,38,42). The Morgan fingerprint density at radius 3 is 2.13 bits per heavy atom. The van der Waals surface area contributed by atoms with Crippen LogP contribution in [0.15, 0.2) is 119 Å². The smallest absolute Gasteiger partial charge is 0.264 e. The SMILES string of the molecule is COc1ccc(S(=O)(=O)N(CC(=O)N(Cc2cccc(Br)c2)C(Cc2ccccc2)C(=O)NC2CCCC2)c2ccccc2)cc1. The number of carbonyl (C=O) groups is 2. The van der Waals surface area contributed by atoms with Crippen LogP contribution >= 0.6 is 15.9 Å². The number of rotatable bonds is 13. The number of nitrogens with zero attached hydrogens (tertiary/aromatic N) is 2. The molecular weight excluding hydrogens is 666 g/mol. The van der Waals surface area contributed by atoms with Gasteiger partial charge in [0.25, 0.3) is 10.0 Å². The van der Waals surface area contributed by atoms with E-state index >= 15 is 0 Å². The lowest BCUT2D eigenvalue weighted by Gasteiger charge is -2.34. The minimum absolute atomic E-state index is 0.0169. The Balaban J connectivity index is 1.55. The van der Waals surface area contributed by atoms with Gasteiger partial charge in [0.2, 0.25) is 11.8 Å². The first-order valence-corrected chi connectivity index (χ1v) is 17.6. The van der Waals surface area contributed by atoms with Gasteiger partial charge in [-0.3, -0.25) is 13.9 Å². The molecule has 1 atom stereocenters. The Bertz CT molecular complexity index is 1710. The number of amides is 2. The van der Waals surface area contributed by atoms with Crippen LogP contribution in [0.2, 0.25) is 0 Å². The summed E-state index contributed by atoms with van der Waals surface area (Å²) in [7, 11) is -2.68. The second-order valence-corrected chi connectivity index (χ2v) is 14.1. The summed E-state index contributed by atoms with van der Waals surface area (Å²) in [5.41, 5.74) is 2.04. The number of methoxy groups -OCH3 is 1. The largest absolute Gasteiger partial charge is 0.497 e. The molecule has 1 N–H and O–H groups in total. The zero-order valence-electron chi connectivity index (χ0n) is 25.7. The Morgan fingerprint density at radius 2 is 1.50 bits per heavy atom. The summed E-state index contributed by atoms with van der Waals surface area (Å²) >= 11 is 3.52. The van der Waals surface area contributed by atoms with Gasteiger partial charge in [-0.05, 0) is 72.5 Å². The molecule has 4 aromatic carbocycles. The number of hydrogen-bond donors (Lipinski definition) is 1. The van der Waals surface area contributed by atoms with Gasteiger partial charge in [0, 0.05) is 23.5 Å². The highest BCUT2D eigenvalue weighted by atomic mass is 79.9. The number of ether oxygens (including phenoxy) is 1. The first kappa shape index (κ1) is 33.2. The Morgan fingerprint density at radius 1 is 0.870 bits per heavy atom. The molecule has 0 bridgehead atoms. The van der Waals surface area contributed by atoms with Crippen LogP contribution in [0.1, 0.15) is 36.8 Å². The van der Waals surface area contributed by atoms with Crippen LogP contribution in [0.5, 0.6) is 5.75 Å². The minimum Gasteiger partial charge on any atom is -0.497 e. The highest BCUT2D eigenvalue weighted by molar-refractivity contribution is 9.10. The summed E-state index contributed by atoms with van der Waals surface area (Å²) in [6.07, 6.45) is 4.15. The molecule has 4 aromatic rings. The summed E-state index contributed by atoms with van der Waals surface area (Å²) < 4.78 is 35.5. The van der Waals surface area contributed by atoms with Gasteiger partial charge >= 0.3 is 0 Å². The molecule has 0 radical (unpaired) electrons. The first-order chi connectivity index (χ1) is 22.2. The van der Waals surface area contributed by atoms with Crippen molar-refractivity contribution in [1.29, 1.82) is 0 Å². The lowest BCUT2D eigenvalue weighted by Crippen LogP contribution is -2.54. The predicted octanol–water partition coefficient (Wildman–Crippen LogP) is 6.35. The highest BCUT2D eigenvalue weighted by Gasteiger charge is 2.35. The maximum absolute atomic E-state index is 14.6. The highest BCUT2D eigenvalue weighted by Crippen LogP contribution is 2.27. The number of benzene rings is 4. The second kappa shape index (κ2) is 15.4. The molecule has 8 nitrogen and oxygen atoms in total. The molecular formula is C36H38BrN3O5S. The topological polar surface area (TPSA) is 96.0 Å². The molecule has 0 saturated heterocycles. The molecule has 5 rings (SSSR count). The van der Waals surface area contributed by atoms with E-state index in [9.17, 15) is 18.0 Å². The van der Waals surface area contributed by atoms with Gasteiger partial charge in [0.05, 0.1) is 17.7 Å². The molecule has 1 saturated carbocycles. The number of sulfonamides is 1. The zero-order chi connectivity index (χ0) is 32.5. The molecule has 0 heterocycles. The minimum atomic E-state index is -4.19. The molecule has 0 aliphatic heterocycles. The fourth-order valence-electron chi connectivity index (χ4n) is 5.75. The third-order valence-corrected chi connectivity index (χ3v) is 10.5. The average Bonchev–Trinajstić information content (AvgIpc) is 3.59. The second-order valence-electron chi connectivity index (χ2n) is 11.4. The molecule has 240 valence electrons. The maximum atomic E-state index is 14.6. The van der Waals surface area contributed by atoms with Crippen molar-refractivity contribution in [2.45, 2.75) is 55.6 Å². The van der Waals surface area contributed by atoms with E-state index in [2.05, 4.69) is 21.2 Å². The number of anilines is 1. The van der Waals surface area contributed by atoms with E-state index in [1.165, 1.54) is 24.1 Å². The zero-order valence-corrected chi connectivity index (χ0v) is 28.1. The predicted molar refractivity (Wildman–Crippen MR) is 183 cm³/mol. The molecule has 1 aliphatic rings. The van der Waals surface area contributed by atoms with Gasteiger partial charge in [0.1, 0.15) is 18.3 Å². The monoisotopic (exact) mass is 703 g/mol. The van der Waals surface area contributed by atoms with Gasteiger partial charge in [-0.2, -0.15) is 0 Å². The summed E-state index contributed by atoms with van der Waals surface area (Å²) in [6.45, 7) is -0.395. The Hall–Kier alpha value is -4.15. The van der Waals surface area contributed by atoms with Crippen molar-refractivity contribution in [3.05, 3.63) is 125 Å². The van der Waals surface area contributed by atoms with Crippen molar-refractivity contribution in [1.82, 2.24) is 10.2 Å². The third-order valence-electron chi connectivity index (χ3n) is 8.19. The van der Waals surface area contributed by atoms with Crippen LogP contribution in [0.3, 0.4) is 0 Å². The average molecular weight is 705 g/mol. The Labute approximate surface area is 279 Å². The lowest BCUT2D eigenvalue weighted by molar-refractivity contribution is -0.140. The summed E-state index contributed by atoms with van der Waals surface area (Å²) in [6, 6.07) is 30.9. The lowest BCUT2D eigenvalue weighted by atomic mass is 10.0. The molecule has 10 heteroatoms. The Kier molecular flexibility index (Phi) is 11.1. The van der Waals surface area contributed by atoms with Crippen LogP contribution in [-0.2, 0) is 32.6 Å². The van der Waals surface area contributed by atoms with E-state index in [1.807, 2.05) is 54.6 Å². The van der Waals surface area contributed by atoms with Crippen LogP contribution in [0.25, 0.3) is 0 Å². The fourth-order valence-corrected chi connectivity index (χ4v) is 7.61. The van der Waals surface area contributed by atoms with Crippen molar-refractivity contribution in [3.63, 3.8) is 0 Å². The van der Waals surface area contributed by atoms with Crippen molar-refractivity contribution in [2.75, 3.05) is 18.0 Å². The molecule has 1 aliphatic carbocycles. The summed E-state index contributed by atoms with van der Waals surface area (Å²) in [4.78, 5) is 30.2. The number of para-hydroxylation sites is 1. The van der Waals surface area contributed by atoms with Crippen molar-refractivity contribution in [3.8, 4) is 5.75 Å². The fraction of sp³-hybridized carbons (Fsp3) is 0.278. The number of halogens is 1. The molecule has 0 spiro atoms. The quantitative estimate of drug-likeness (QED) is 0.175. The number of carbonyl (C=O) groups excluding carboxylic acids is 2. The van der Waals surface area contributed by atoms with Gasteiger partial charge in [-0.25, -0.2) is 8.42 Å². The van der Waals surface area contributed by atoms with E-state index in [-0.39, 0.29) is 29.8 Å². The van der Waals surface area contributed by atoms with Crippen molar-refractivity contribution < 1.29 is 22.7 Å². The van der Waals surface area contributed by atoms with Crippen LogP contribution in [-0.4, -0.2) is 50.9 Å². The molecule has 0 aromatic heterocycles. The molecule has 46 heavy (non-hydrogen) atoms. The van der Waals surface area contributed by atoms with E-state index in [0.29, 0.717) is 11.4 Å². The molecule has 1 fully saturated rings. The third kappa shape index (κ3) is 8.35. The first-order valence-electron chi connectivity index (χ1n) is 15.3. The molecule has 1 unspecified atom stereocenters. The van der Waals surface area contributed by atoms with E-state index in [0.717, 1.165) is 45.6 Å². The summed E-state index contributed by atoms with van der Waals surface area (Å²) in [5.74, 6) is -0.231. The van der Waals surface area contributed by atoms with Crippen LogP contribution in [0.4, 0.5) is 5.69 Å². The van der Waals surface area contributed by atoms with Gasteiger partial charge in [0.15, 0.2) is 0 Å². The van der Waals surface area contributed by atoms with E-state index in [4.69, 9.17) is 4.74 Å². The van der Waals surface area contributed by atoms with E-state index < -0.39 is 28.5 Å².